The molecular formula is C6H14N6O. The molecule has 1 fully saturated rings. The molecule has 7 heteroatoms. The van der Waals surface area contributed by atoms with Crippen molar-refractivity contribution in [3.63, 3.8) is 0 Å². The molecule has 0 amide bonds. The molecule has 7 nitrogen and oxygen atoms in total. The second-order valence-corrected chi connectivity index (χ2v) is 2.88. The van der Waals surface area contributed by atoms with Gasteiger partial charge < -0.3 is 10.1 Å². The summed E-state index contributed by atoms with van der Waals surface area (Å²) < 4.78 is 0. The van der Waals surface area contributed by atoms with Crippen molar-refractivity contribution in [2.75, 3.05) is 39.3 Å². The maximum atomic E-state index is 8.58. The number of hydrogen-bond acceptors (Lipinski definition) is 5. The molecule has 74 valence electrons. The van der Waals surface area contributed by atoms with Crippen molar-refractivity contribution in [1.29, 1.82) is 0 Å². The molecule has 1 aliphatic rings. The van der Waals surface area contributed by atoms with Crippen LogP contribution < -0.4 is 5.59 Å². The van der Waals surface area contributed by atoms with E-state index in [1.165, 1.54) is 0 Å². The van der Waals surface area contributed by atoms with E-state index in [1.807, 2.05) is 0 Å². The summed E-state index contributed by atoms with van der Waals surface area (Å²) in [5, 5.41) is 13.8. The second-order valence-electron chi connectivity index (χ2n) is 2.88. The number of nitrogens with zero attached hydrogens (tertiary/aromatic N) is 5. The first-order valence-corrected chi connectivity index (χ1v) is 4.24. The smallest absolute Gasteiger partial charge is 0.0385 e. The van der Waals surface area contributed by atoms with E-state index in [4.69, 9.17) is 10.7 Å². The zero-order valence-electron chi connectivity index (χ0n) is 7.43. The van der Waals surface area contributed by atoms with E-state index < -0.39 is 0 Å². The lowest BCUT2D eigenvalue weighted by molar-refractivity contribution is -0.0456. The van der Waals surface area contributed by atoms with Crippen LogP contribution in [0.3, 0.4) is 0 Å². The monoisotopic (exact) mass is 186 g/mol. The molecule has 1 aliphatic heterocycles. The van der Waals surface area contributed by atoms with E-state index in [1.54, 1.807) is 5.01 Å². The summed E-state index contributed by atoms with van der Waals surface area (Å²) in [5.41, 5.74) is 10.2. The fraction of sp³-hybridized carbons (Fsp3) is 1.00. The molecule has 1 saturated heterocycles. The average Bonchev–Trinajstić information content (AvgIpc) is 2.19. The zero-order valence-corrected chi connectivity index (χ0v) is 7.43. The summed E-state index contributed by atoms with van der Waals surface area (Å²) in [4.78, 5) is 4.88. The lowest BCUT2D eigenvalue weighted by Crippen LogP contribution is -2.51. The summed E-state index contributed by atoms with van der Waals surface area (Å²) in [6.07, 6.45) is 0. The zero-order chi connectivity index (χ0) is 9.52. The fourth-order valence-electron chi connectivity index (χ4n) is 1.30. The third kappa shape index (κ3) is 3.58. The van der Waals surface area contributed by atoms with Gasteiger partial charge in [0.15, 0.2) is 0 Å². The van der Waals surface area contributed by atoms with Crippen molar-refractivity contribution in [3.8, 4) is 0 Å². The first kappa shape index (κ1) is 10.2. The van der Waals surface area contributed by atoms with Crippen LogP contribution in [0.2, 0.25) is 0 Å². The number of azide groups is 1. The summed E-state index contributed by atoms with van der Waals surface area (Å²) in [6.45, 7) is 4.65. The molecule has 0 aromatic heterocycles. The van der Waals surface area contributed by atoms with Gasteiger partial charge >= 0.3 is 0 Å². The molecule has 1 rings (SSSR count). The Kier molecular flexibility index (Phi) is 4.52. The molecule has 0 unspecified atom stereocenters. The molecule has 0 atom stereocenters. The van der Waals surface area contributed by atoms with Crippen molar-refractivity contribution >= 4 is 0 Å². The van der Waals surface area contributed by atoms with Crippen molar-refractivity contribution in [2.45, 2.75) is 0 Å². The molecule has 0 radical (unpaired) electrons. The largest absolute Gasteiger partial charge is 0.302 e. The lowest BCUT2D eigenvalue weighted by atomic mass is 10.3. The van der Waals surface area contributed by atoms with Crippen LogP contribution in [0.1, 0.15) is 0 Å². The summed E-state index contributed by atoms with van der Waals surface area (Å²) >= 11 is 0. The third-order valence-electron chi connectivity index (χ3n) is 2.09. The van der Waals surface area contributed by atoms with Gasteiger partial charge in [0, 0.05) is 44.2 Å². The van der Waals surface area contributed by atoms with Gasteiger partial charge in [0.25, 0.3) is 0 Å². The van der Waals surface area contributed by atoms with Gasteiger partial charge in [-0.2, -0.15) is 0 Å². The van der Waals surface area contributed by atoms with Crippen molar-refractivity contribution in [1.82, 2.24) is 15.5 Å². The molecule has 0 aromatic carbocycles. The molecule has 1 heterocycles. The molecule has 0 bridgehead atoms. The highest BCUT2D eigenvalue weighted by atomic mass is 16.5. The van der Waals surface area contributed by atoms with Crippen LogP contribution in [0.4, 0.5) is 0 Å². The van der Waals surface area contributed by atoms with Gasteiger partial charge in [-0.25, -0.2) is 5.01 Å². The fourth-order valence-corrected chi connectivity index (χ4v) is 1.30. The Labute approximate surface area is 76.5 Å². The number of piperazine rings is 1. The molecular weight excluding hydrogens is 172 g/mol. The van der Waals surface area contributed by atoms with E-state index in [2.05, 4.69) is 20.5 Å². The summed E-state index contributed by atoms with van der Waals surface area (Å²) in [5.74, 6) is 0. The van der Waals surface area contributed by atoms with Crippen molar-refractivity contribution in [3.05, 3.63) is 10.4 Å². The number of hydrazine groups is 1. The molecule has 0 saturated carbocycles. The first-order valence-electron chi connectivity index (χ1n) is 4.24. The highest BCUT2D eigenvalue weighted by Crippen LogP contribution is 1.97. The van der Waals surface area contributed by atoms with Gasteiger partial charge in [0.05, 0.1) is 0 Å². The van der Waals surface area contributed by atoms with Crippen LogP contribution >= 0.6 is 0 Å². The van der Waals surface area contributed by atoms with Crippen LogP contribution in [0.25, 0.3) is 10.4 Å². The average molecular weight is 186 g/mol. The Hall–Kier alpha value is -0.850. The van der Waals surface area contributed by atoms with Gasteiger partial charge in [-0.3, -0.25) is 0 Å². The normalized spacial score (nSPS) is 19.8. The Morgan fingerprint density at radius 3 is 2.62 bits per heavy atom. The molecule has 0 spiro atoms. The SMILES string of the molecule is [N-]=[N+]=NCCN1CCN(NO)CC1. The molecule has 2 N–H and O–H groups in total. The van der Waals surface area contributed by atoms with E-state index in [0.717, 1.165) is 32.7 Å². The van der Waals surface area contributed by atoms with E-state index in [-0.39, 0.29) is 0 Å². The minimum atomic E-state index is 0.517. The van der Waals surface area contributed by atoms with Crippen LogP contribution in [0.5, 0.6) is 0 Å². The second kappa shape index (κ2) is 5.74. The number of hydrogen-bond donors (Lipinski definition) is 2. The van der Waals surface area contributed by atoms with E-state index in [9.17, 15) is 0 Å². The number of nitrogens with one attached hydrogen (secondary N) is 1. The van der Waals surface area contributed by atoms with Gasteiger partial charge in [-0.05, 0) is 5.53 Å². The highest BCUT2D eigenvalue weighted by molar-refractivity contribution is 4.68. The van der Waals surface area contributed by atoms with Crippen LogP contribution in [-0.4, -0.2) is 54.4 Å². The maximum absolute atomic E-state index is 8.58. The summed E-state index contributed by atoms with van der Waals surface area (Å²) in [7, 11) is 0. The minimum Gasteiger partial charge on any atom is -0.302 e. The van der Waals surface area contributed by atoms with Gasteiger partial charge in [-0.1, -0.05) is 5.11 Å². The van der Waals surface area contributed by atoms with Crippen LogP contribution in [0, 0.1) is 0 Å². The third-order valence-corrected chi connectivity index (χ3v) is 2.09. The van der Waals surface area contributed by atoms with Crippen LogP contribution in [-0.2, 0) is 0 Å². The lowest BCUT2D eigenvalue weighted by Gasteiger charge is -2.32. The Morgan fingerprint density at radius 2 is 2.08 bits per heavy atom. The number of rotatable bonds is 4. The van der Waals surface area contributed by atoms with E-state index >= 15 is 0 Å². The Balaban J connectivity index is 2.13. The first-order chi connectivity index (χ1) is 6.36. The van der Waals surface area contributed by atoms with Crippen molar-refractivity contribution < 1.29 is 5.21 Å². The molecule has 0 aromatic rings. The van der Waals surface area contributed by atoms with Gasteiger partial charge in [0.2, 0.25) is 0 Å². The molecule has 13 heavy (non-hydrogen) atoms. The molecule has 0 aliphatic carbocycles. The quantitative estimate of drug-likeness (QED) is 0.275. The predicted molar refractivity (Wildman–Crippen MR) is 46.9 cm³/mol. The summed E-state index contributed by atoms with van der Waals surface area (Å²) in [6, 6.07) is 0. The highest BCUT2D eigenvalue weighted by Gasteiger charge is 2.14. The van der Waals surface area contributed by atoms with Crippen LogP contribution in [0.15, 0.2) is 5.11 Å². The predicted octanol–water partition coefficient (Wildman–Crippen LogP) is -0.192. The van der Waals surface area contributed by atoms with Gasteiger partial charge in [0.1, 0.15) is 0 Å². The Bertz CT molecular complexity index is 184. The van der Waals surface area contributed by atoms with Crippen molar-refractivity contribution in [2.24, 2.45) is 5.11 Å². The standard InChI is InChI=1S/C6H14N6O/c7-9-8-1-2-11-3-5-12(10-13)6-4-11/h10,13H,1-6H2. The Morgan fingerprint density at radius 1 is 1.38 bits per heavy atom. The topological polar surface area (TPSA) is 87.5 Å². The maximum Gasteiger partial charge on any atom is 0.0385 e. The minimum absolute atomic E-state index is 0.517. The van der Waals surface area contributed by atoms with E-state index in [0.29, 0.717) is 6.54 Å². The van der Waals surface area contributed by atoms with Gasteiger partial charge in [-0.15, -0.1) is 5.59 Å².